The third-order valence-electron chi connectivity index (χ3n) is 2.67. The molecule has 0 aliphatic heterocycles. The van der Waals surface area contributed by atoms with E-state index >= 15 is 0 Å². The Hall–Kier alpha value is -1.55. The number of aromatic nitrogens is 1. The molecule has 1 aliphatic carbocycles. The second-order valence-corrected chi connectivity index (χ2v) is 3.92. The zero-order valence-electron chi connectivity index (χ0n) is 8.22. The van der Waals surface area contributed by atoms with Crippen LogP contribution in [0.5, 0.6) is 6.08 Å². The van der Waals surface area contributed by atoms with Crippen molar-refractivity contribution in [2.24, 2.45) is 5.73 Å². The summed E-state index contributed by atoms with van der Waals surface area (Å²) in [5.74, 6) is 0. The predicted molar refractivity (Wildman–Crippen MR) is 55.6 cm³/mol. The first-order valence-electron chi connectivity index (χ1n) is 5.09. The van der Waals surface area contributed by atoms with E-state index in [4.69, 9.17) is 14.9 Å². The summed E-state index contributed by atoms with van der Waals surface area (Å²) < 4.78 is 11.0. The van der Waals surface area contributed by atoms with E-state index in [0.29, 0.717) is 6.08 Å². The van der Waals surface area contributed by atoms with E-state index in [1.807, 2.05) is 24.3 Å². The molecule has 3 rings (SSSR count). The molecule has 0 atom stereocenters. The van der Waals surface area contributed by atoms with Gasteiger partial charge in [0.1, 0.15) is 11.6 Å². The minimum Gasteiger partial charge on any atom is -0.447 e. The molecule has 1 fully saturated rings. The van der Waals surface area contributed by atoms with Gasteiger partial charge in [0.05, 0.1) is 0 Å². The SMILES string of the molecule is NC1CC(Oc2nc3ccccc3o2)C1. The number of nitrogens with two attached hydrogens (primary N) is 1. The number of hydrogen-bond donors (Lipinski definition) is 1. The normalized spacial score (nSPS) is 25.1. The molecule has 4 nitrogen and oxygen atoms in total. The lowest BCUT2D eigenvalue weighted by Gasteiger charge is -2.30. The minimum atomic E-state index is 0.174. The van der Waals surface area contributed by atoms with E-state index in [2.05, 4.69) is 4.98 Å². The van der Waals surface area contributed by atoms with Crippen molar-refractivity contribution >= 4 is 11.1 Å². The van der Waals surface area contributed by atoms with Crippen molar-refractivity contribution in [3.05, 3.63) is 24.3 Å². The fourth-order valence-corrected chi connectivity index (χ4v) is 1.75. The quantitative estimate of drug-likeness (QED) is 0.808. The van der Waals surface area contributed by atoms with Crippen LogP contribution in [0.3, 0.4) is 0 Å². The Morgan fingerprint density at radius 2 is 2.13 bits per heavy atom. The molecular formula is C11H12N2O2. The van der Waals surface area contributed by atoms with E-state index in [1.165, 1.54) is 0 Å². The average molecular weight is 204 g/mol. The second-order valence-electron chi connectivity index (χ2n) is 3.92. The number of fused-ring (bicyclic) bond motifs is 1. The number of para-hydroxylation sites is 2. The van der Waals surface area contributed by atoms with E-state index in [0.717, 1.165) is 23.9 Å². The summed E-state index contributed by atoms with van der Waals surface area (Å²) in [5, 5.41) is 0. The van der Waals surface area contributed by atoms with Crippen molar-refractivity contribution in [3.63, 3.8) is 0 Å². The highest BCUT2D eigenvalue weighted by Gasteiger charge is 2.29. The Morgan fingerprint density at radius 1 is 1.33 bits per heavy atom. The molecule has 15 heavy (non-hydrogen) atoms. The Kier molecular flexibility index (Phi) is 1.89. The Morgan fingerprint density at radius 3 is 2.87 bits per heavy atom. The Balaban J connectivity index is 1.80. The molecule has 0 radical (unpaired) electrons. The van der Waals surface area contributed by atoms with Gasteiger partial charge in [-0.15, -0.1) is 0 Å². The van der Waals surface area contributed by atoms with Crippen LogP contribution in [0.2, 0.25) is 0 Å². The summed E-state index contributed by atoms with van der Waals surface area (Å²) in [6, 6.07) is 7.89. The summed E-state index contributed by atoms with van der Waals surface area (Å²) in [6.07, 6.45) is 2.30. The van der Waals surface area contributed by atoms with Crippen LogP contribution in [0.25, 0.3) is 11.1 Å². The molecule has 0 unspecified atom stereocenters. The molecule has 78 valence electrons. The lowest BCUT2D eigenvalue weighted by molar-refractivity contribution is 0.0705. The topological polar surface area (TPSA) is 61.3 Å². The van der Waals surface area contributed by atoms with E-state index in [9.17, 15) is 0 Å². The fourth-order valence-electron chi connectivity index (χ4n) is 1.75. The highest BCUT2D eigenvalue weighted by atomic mass is 16.6. The molecular weight excluding hydrogens is 192 g/mol. The van der Waals surface area contributed by atoms with E-state index in [-0.39, 0.29) is 12.1 Å². The van der Waals surface area contributed by atoms with Gasteiger partial charge in [0.15, 0.2) is 5.58 Å². The van der Waals surface area contributed by atoms with Gasteiger partial charge in [-0.3, -0.25) is 0 Å². The van der Waals surface area contributed by atoms with Gasteiger partial charge in [-0.2, -0.15) is 4.98 Å². The molecule has 1 heterocycles. The molecule has 1 saturated carbocycles. The lowest BCUT2D eigenvalue weighted by atomic mass is 9.90. The molecule has 0 spiro atoms. The zero-order valence-corrected chi connectivity index (χ0v) is 8.22. The maximum absolute atomic E-state index is 5.67. The lowest BCUT2D eigenvalue weighted by Crippen LogP contribution is -2.43. The summed E-state index contributed by atoms with van der Waals surface area (Å²) >= 11 is 0. The molecule has 1 aromatic heterocycles. The molecule has 2 aromatic rings. The van der Waals surface area contributed by atoms with Crippen LogP contribution in [0, 0.1) is 0 Å². The summed E-state index contributed by atoms with van der Waals surface area (Å²) in [6.45, 7) is 0. The second kappa shape index (κ2) is 3.24. The monoisotopic (exact) mass is 204 g/mol. The highest BCUT2D eigenvalue weighted by molar-refractivity contribution is 5.72. The Labute approximate surface area is 87.0 Å². The first kappa shape index (κ1) is 8.73. The molecule has 0 amide bonds. The molecule has 2 N–H and O–H groups in total. The van der Waals surface area contributed by atoms with Gasteiger partial charge < -0.3 is 14.9 Å². The van der Waals surface area contributed by atoms with Gasteiger partial charge in [-0.1, -0.05) is 12.1 Å². The standard InChI is InChI=1S/C11H12N2O2/c12-7-5-8(6-7)14-11-13-9-3-1-2-4-10(9)15-11/h1-4,7-8H,5-6,12H2. The van der Waals surface area contributed by atoms with Crippen molar-refractivity contribution < 1.29 is 9.15 Å². The van der Waals surface area contributed by atoms with Gasteiger partial charge in [-0.25, -0.2) is 0 Å². The van der Waals surface area contributed by atoms with Gasteiger partial charge in [0.2, 0.25) is 0 Å². The van der Waals surface area contributed by atoms with Gasteiger partial charge in [0.25, 0.3) is 0 Å². The maximum atomic E-state index is 5.67. The van der Waals surface area contributed by atoms with Gasteiger partial charge in [0, 0.05) is 6.04 Å². The minimum absolute atomic E-state index is 0.174. The van der Waals surface area contributed by atoms with Gasteiger partial charge >= 0.3 is 6.08 Å². The number of ether oxygens (including phenoxy) is 1. The van der Waals surface area contributed by atoms with Crippen molar-refractivity contribution in [1.29, 1.82) is 0 Å². The number of oxazole rings is 1. The van der Waals surface area contributed by atoms with E-state index in [1.54, 1.807) is 0 Å². The molecule has 0 saturated heterocycles. The molecule has 1 aliphatic rings. The number of nitrogens with zero attached hydrogens (tertiary/aromatic N) is 1. The van der Waals surface area contributed by atoms with Gasteiger partial charge in [-0.05, 0) is 25.0 Å². The van der Waals surface area contributed by atoms with Crippen molar-refractivity contribution in [1.82, 2.24) is 4.98 Å². The third kappa shape index (κ3) is 1.57. The number of benzene rings is 1. The number of hydrogen-bond acceptors (Lipinski definition) is 4. The molecule has 4 heteroatoms. The predicted octanol–water partition coefficient (Wildman–Crippen LogP) is 1.70. The van der Waals surface area contributed by atoms with Crippen LogP contribution < -0.4 is 10.5 Å². The highest BCUT2D eigenvalue weighted by Crippen LogP contribution is 2.26. The van der Waals surface area contributed by atoms with E-state index < -0.39 is 0 Å². The first-order valence-corrected chi connectivity index (χ1v) is 5.09. The van der Waals surface area contributed by atoms with Crippen LogP contribution in [0.4, 0.5) is 0 Å². The first-order chi connectivity index (χ1) is 7.31. The number of rotatable bonds is 2. The van der Waals surface area contributed by atoms with Crippen LogP contribution in [-0.2, 0) is 0 Å². The van der Waals surface area contributed by atoms with Crippen LogP contribution in [-0.4, -0.2) is 17.1 Å². The maximum Gasteiger partial charge on any atom is 0.394 e. The summed E-state index contributed by atoms with van der Waals surface area (Å²) in [5.41, 5.74) is 7.26. The van der Waals surface area contributed by atoms with Crippen molar-refractivity contribution in [2.75, 3.05) is 0 Å². The van der Waals surface area contributed by atoms with Crippen LogP contribution >= 0.6 is 0 Å². The molecule has 0 bridgehead atoms. The van der Waals surface area contributed by atoms with Crippen molar-refractivity contribution in [2.45, 2.75) is 25.0 Å². The largest absolute Gasteiger partial charge is 0.447 e. The third-order valence-corrected chi connectivity index (χ3v) is 2.67. The molecule has 1 aromatic carbocycles. The smallest absolute Gasteiger partial charge is 0.394 e. The average Bonchev–Trinajstić information content (AvgIpc) is 2.57. The van der Waals surface area contributed by atoms with Crippen LogP contribution in [0.15, 0.2) is 28.7 Å². The fraction of sp³-hybridized carbons (Fsp3) is 0.364. The summed E-state index contributed by atoms with van der Waals surface area (Å²) in [7, 11) is 0. The Bertz CT molecular complexity index is 441. The zero-order chi connectivity index (χ0) is 10.3. The summed E-state index contributed by atoms with van der Waals surface area (Å²) in [4.78, 5) is 4.23. The van der Waals surface area contributed by atoms with Crippen molar-refractivity contribution in [3.8, 4) is 6.08 Å². The van der Waals surface area contributed by atoms with Crippen LogP contribution in [0.1, 0.15) is 12.8 Å².